The molecule has 2 aromatic rings. The van der Waals surface area contributed by atoms with Crippen molar-refractivity contribution >= 4 is 40.7 Å². The quantitative estimate of drug-likeness (QED) is 0.823. The number of aryl methyl sites for hydroxylation is 1. The minimum Gasteiger partial charge on any atom is -0.340 e. The average Bonchev–Trinajstić information content (AvgIpc) is 3.02. The number of carbonyl (C=O) groups is 1. The van der Waals surface area contributed by atoms with E-state index in [2.05, 4.69) is 8.75 Å². The fourth-order valence-electron chi connectivity index (χ4n) is 1.45. The number of thiophene rings is 1. The average molecular weight is 313 g/mol. The van der Waals surface area contributed by atoms with Crippen LogP contribution in [0.1, 0.15) is 16.3 Å². The Labute approximate surface area is 125 Å². The summed E-state index contributed by atoms with van der Waals surface area (Å²) in [5.74, 6) is 1.39. The lowest BCUT2D eigenvalue weighted by Crippen LogP contribution is -2.27. The summed E-state index contributed by atoms with van der Waals surface area (Å²) in [7, 11) is 1.85. The molecule has 1 amide bonds. The predicted octanol–water partition coefficient (Wildman–Crippen LogP) is 2.80. The van der Waals surface area contributed by atoms with Crippen molar-refractivity contribution in [2.75, 3.05) is 12.8 Å². The predicted molar refractivity (Wildman–Crippen MR) is 81.6 cm³/mol. The number of hydrogen-bond donors (Lipinski definition) is 0. The molecule has 4 nitrogen and oxygen atoms in total. The van der Waals surface area contributed by atoms with E-state index in [0.717, 1.165) is 17.1 Å². The van der Waals surface area contributed by atoms with Gasteiger partial charge in [0.15, 0.2) is 0 Å². The monoisotopic (exact) mass is 313 g/mol. The van der Waals surface area contributed by atoms with Gasteiger partial charge in [0.2, 0.25) is 5.91 Å². The molecule has 0 radical (unpaired) electrons. The van der Waals surface area contributed by atoms with E-state index in [0.29, 0.717) is 12.3 Å². The van der Waals surface area contributed by atoms with Crippen LogP contribution in [0.5, 0.6) is 0 Å². The molecule has 0 unspecified atom stereocenters. The lowest BCUT2D eigenvalue weighted by Gasteiger charge is -2.15. The van der Waals surface area contributed by atoms with Crippen molar-refractivity contribution in [1.29, 1.82) is 0 Å². The van der Waals surface area contributed by atoms with Crippen molar-refractivity contribution in [2.45, 2.75) is 19.2 Å². The molecular weight excluding hydrogens is 298 g/mol. The van der Waals surface area contributed by atoms with Gasteiger partial charge in [-0.25, -0.2) is 0 Å². The number of hydrogen-bond acceptors (Lipinski definition) is 6. The normalized spacial score (nSPS) is 10.6. The van der Waals surface area contributed by atoms with Gasteiger partial charge < -0.3 is 4.90 Å². The summed E-state index contributed by atoms with van der Waals surface area (Å²) in [6.07, 6.45) is 0. The van der Waals surface area contributed by atoms with E-state index < -0.39 is 0 Å². The molecule has 0 saturated heterocycles. The molecule has 102 valence electrons. The summed E-state index contributed by atoms with van der Waals surface area (Å²) in [5, 5.41) is 2.03. The first-order valence-corrected chi connectivity index (χ1v) is 8.55. The number of aromatic nitrogens is 2. The van der Waals surface area contributed by atoms with Crippen molar-refractivity contribution in [3.63, 3.8) is 0 Å². The Kier molecular flexibility index (Phi) is 5.35. The first-order valence-electron chi connectivity index (χ1n) is 5.79. The van der Waals surface area contributed by atoms with E-state index in [-0.39, 0.29) is 5.91 Å². The maximum Gasteiger partial charge on any atom is 0.232 e. The molecule has 0 bridgehead atoms. The van der Waals surface area contributed by atoms with E-state index in [1.165, 1.54) is 16.6 Å². The first-order chi connectivity index (χ1) is 9.16. The topological polar surface area (TPSA) is 46.1 Å². The summed E-state index contributed by atoms with van der Waals surface area (Å²) >= 11 is 4.49. The first kappa shape index (κ1) is 14.5. The molecule has 0 N–H and O–H groups in total. The van der Waals surface area contributed by atoms with Gasteiger partial charge in [0.1, 0.15) is 0 Å². The molecule has 0 atom stereocenters. The van der Waals surface area contributed by atoms with Crippen molar-refractivity contribution in [1.82, 2.24) is 13.6 Å². The van der Waals surface area contributed by atoms with Gasteiger partial charge in [-0.3, -0.25) is 4.79 Å². The fourth-order valence-corrected chi connectivity index (χ4v) is 3.82. The molecule has 0 aliphatic carbocycles. The second-order valence-corrected chi connectivity index (χ2v) is 6.66. The van der Waals surface area contributed by atoms with Crippen molar-refractivity contribution in [3.8, 4) is 0 Å². The maximum absolute atomic E-state index is 12.0. The number of amides is 1. The lowest BCUT2D eigenvalue weighted by molar-refractivity contribution is -0.127. The maximum atomic E-state index is 12.0. The van der Waals surface area contributed by atoms with Crippen LogP contribution in [-0.4, -0.2) is 32.4 Å². The lowest BCUT2D eigenvalue weighted by atomic mass is 10.4. The minimum absolute atomic E-state index is 0.152. The molecule has 0 saturated carbocycles. The molecule has 7 heteroatoms. The van der Waals surface area contributed by atoms with Gasteiger partial charge in [-0.05, 0) is 18.4 Å². The molecular formula is C12H15N3OS3. The summed E-state index contributed by atoms with van der Waals surface area (Å²) in [6.45, 7) is 2.64. The van der Waals surface area contributed by atoms with E-state index in [1.54, 1.807) is 28.0 Å². The van der Waals surface area contributed by atoms with Gasteiger partial charge in [0.05, 0.1) is 35.4 Å². The summed E-state index contributed by atoms with van der Waals surface area (Å²) in [5.41, 5.74) is 1.96. The van der Waals surface area contributed by atoms with E-state index in [1.807, 2.05) is 31.5 Å². The van der Waals surface area contributed by atoms with Crippen LogP contribution >= 0.6 is 34.8 Å². The third-order valence-corrected chi connectivity index (χ3v) is 5.06. The second kappa shape index (κ2) is 7.02. The molecule has 0 fully saturated rings. The zero-order valence-corrected chi connectivity index (χ0v) is 13.3. The number of rotatable bonds is 6. The second-order valence-electron chi connectivity index (χ2n) is 4.12. The Hall–Kier alpha value is -0.920. The van der Waals surface area contributed by atoms with Crippen molar-refractivity contribution in [2.24, 2.45) is 0 Å². The van der Waals surface area contributed by atoms with E-state index >= 15 is 0 Å². The highest BCUT2D eigenvalue weighted by molar-refractivity contribution is 7.99. The molecule has 19 heavy (non-hydrogen) atoms. The zero-order valence-electron chi connectivity index (χ0n) is 10.8. The van der Waals surface area contributed by atoms with Crippen LogP contribution in [0.3, 0.4) is 0 Å². The molecule has 0 aliphatic rings. The minimum atomic E-state index is 0.152. The van der Waals surface area contributed by atoms with Gasteiger partial charge in [0, 0.05) is 17.7 Å². The summed E-state index contributed by atoms with van der Waals surface area (Å²) in [4.78, 5) is 14.9. The Morgan fingerprint density at radius 3 is 2.95 bits per heavy atom. The van der Waals surface area contributed by atoms with Gasteiger partial charge in [-0.2, -0.15) is 8.75 Å². The highest BCUT2D eigenvalue weighted by Gasteiger charge is 2.11. The Balaban J connectivity index is 1.73. The van der Waals surface area contributed by atoms with Crippen LogP contribution in [-0.2, 0) is 17.1 Å². The van der Waals surface area contributed by atoms with Gasteiger partial charge in [-0.1, -0.05) is 6.07 Å². The van der Waals surface area contributed by atoms with Crippen molar-refractivity contribution < 1.29 is 4.79 Å². The van der Waals surface area contributed by atoms with Crippen LogP contribution in [0.4, 0.5) is 0 Å². The standard InChI is InChI=1S/C12H15N3OS3/c1-9-11(14-19-13-9)7-17-8-12(16)15(2)6-10-4-3-5-18-10/h3-5H,6-8H2,1-2H3. The number of nitrogens with zero attached hydrogens (tertiary/aromatic N) is 3. The van der Waals surface area contributed by atoms with Crippen LogP contribution in [0.2, 0.25) is 0 Å². The summed E-state index contributed by atoms with van der Waals surface area (Å²) < 4.78 is 8.33. The van der Waals surface area contributed by atoms with E-state index in [4.69, 9.17) is 0 Å². The van der Waals surface area contributed by atoms with Crippen LogP contribution in [0, 0.1) is 6.92 Å². The molecule has 0 spiro atoms. The molecule has 0 aliphatic heterocycles. The molecule has 2 aromatic heterocycles. The fraction of sp³-hybridized carbons (Fsp3) is 0.417. The SMILES string of the molecule is Cc1nsnc1CSCC(=O)N(C)Cc1cccs1. The van der Waals surface area contributed by atoms with Crippen LogP contribution in [0.15, 0.2) is 17.5 Å². The number of thioether (sulfide) groups is 1. The summed E-state index contributed by atoms with van der Waals surface area (Å²) in [6, 6.07) is 4.05. The Morgan fingerprint density at radius 1 is 1.47 bits per heavy atom. The zero-order chi connectivity index (χ0) is 13.7. The highest BCUT2D eigenvalue weighted by Crippen LogP contribution is 2.16. The largest absolute Gasteiger partial charge is 0.340 e. The molecule has 2 rings (SSSR count). The Morgan fingerprint density at radius 2 is 2.32 bits per heavy atom. The van der Waals surface area contributed by atoms with Crippen molar-refractivity contribution in [3.05, 3.63) is 33.8 Å². The molecule has 0 aromatic carbocycles. The van der Waals surface area contributed by atoms with E-state index in [9.17, 15) is 4.79 Å². The third-order valence-electron chi connectivity index (χ3n) is 2.61. The van der Waals surface area contributed by atoms with Gasteiger partial charge >= 0.3 is 0 Å². The van der Waals surface area contributed by atoms with Gasteiger partial charge in [-0.15, -0.1) is 23.1 Å². The Bertz CT molecular complexity index is 524. The number of carbonyl (C=O) groups excluding carboxylic acids is 1. The highest BCUT2D eigenvalue weighted by atomic mass is 32.2. The molecule has 2 heterocycles. The smallest absolute Gasteiger partial charge is 0.232 e. The van der Waals surface area contributed by atoms with Crippen LogP contribution in [0.25, 0.3) is 0 Å². The third kappa shape index (κ3) is 4.29. The van der Waals surface area contributed by atoms with Gasteiger partial charge in [0.25, 0.3) is 0 Å². The van der Waals surface area contributed by atoms with Crippen LogP contribution < -0.4 is 0 Å².